The molecule has 5 heteroatoms. The van der Waals surface area contributed by atoms with Crippen molar-refractivity contribution in [3.63, 3.8) is 0 Å². The van der Waals surface area contributed by atoms with Crippen molar-refractivity contribution in [3.8, 4) is 0 Å². The van der Waals surface area contributed by atoms with Crippen LogP contribution in [0.4, 0.5) is 0 Å². The number of ether oxygens (including phenoxy) is 1. The van der Waals surface area contributed by atoms with Crippen LogP contribution in [0.15, 0.2) is 60.7 Å². The molecule has 0 spiro atoms. The number of nitrogens with zero attached hydrogens (tertiary/aromatic N) is 1. The number of carbonyl (C=O) groups excluding carboxylic acids is 1. The lowest BCUT2D eigenvalue weighted by Crippen LogP contribution is -3.00. The van der Waals surface area contributed by atoms with E-state index in [0.29, 0.717) is 23.2 Å². The molecule has 3 aliphatic rings. The van der Waals surface area contributed by atoms with E-state index in [-0.39, 0.29) is 23.1 Å². The maximum atomic E-state index is 13.3. The average Bonchev–Trinajstić information content (AvgIpc) is 3.47. The lowest BCUT2D eigenvalue weighted by atomic mass is 9.86. The maximum Gasteiger partial charge on any atom is 0.347 e. The van der Waals surface area contributed by atoms with Crippen molar-refractivity contribution in [3.05, 3.63) is 71.8 Å². The zero-order valence-electron chi connectivity index (χ0n) is 16.9. The molecule has 2 aliphatic heterocycles. The molecule has 1 saturated carbocycles. The predicted octanol–water partition coefficient (Wildman–Crippen LogP) is 0.0954. The standard InChI is InChI=1S/C24H28NO3.BrH/c1-25(2)21-13-18(14-22(25)20-15-19(20)21)28-23(26)24(27,16-9-5-3-6-10-16)17-11-7-4-8-12-17;/h3-12,18-22,27H,13-15H2,1-2H3;1H/q+1;/p-1/t18?,19-,20?,21-,22?;/m0./s1. The molecule has 2 heterocycles. The molecule has 2 aromatic rings. The van der Waals surface area contributed by atoms with Gasteiger partial charge in [0.05, 0.1) is 26.2 Å². The fourth-order valence-corrected chi connectivity index (χ4v) is 5.98. The molecule has 154 valence electrons. The Balaban J connectivity index is 0.00000205. The van der Waals surface area contributed by atoms with Gasteiger partial charge in [0, 0.05) is 24.7 Å². The number of quaternary nitrogens is 1. The van der Waals surface area contributed by atoms with Crippen molar-refractivity contribution in [2.45, 2.75) is 43.1 Å². The second-order valence-electron chi connectivity index (χ2n) is 9.27. The first-order valence-corrected chi connectivity index (χ1v) is 10.3. The van der Waals surface area contributed by atoms with E-state index in [1.54, 1.807) is 24.3 Å². The minimum atomic E-state index is -1.79. The van der Waals surface area contributed by atoms with Crippen LogP contribution in [0.5, 0.6) is 0 Å². The van der Waals surface area contributed by atoms with Crippen LogP contribution < -0.4 is 17.0 Å². The maximum absolute atomic E-state index is 13.3. The summed E-state index contributed by atoms with van der Waals surface area (Å²) in [5, 5.41) is 11.6. The number of benzene rings is 2. The van der Waals surface area contributed by atoms with Gasteiger partial charge >= 0.3 is 5.97 Å². The second-order valence-corrected chi connectivity index (χ2v) is 9.27. The molecule has 5 atom stereocenters. The van der Waals surface area contributed by atoms with Crippen LogP contribution in [0.1, 0.15) is 30.4 Å². The molecular formula is C24H28BrNO3. The third kappa shape index (κ3) is 3.15. The third-order valence-corrected chi connectivity index (χ3v) is 7.55. The van der Waals surface area contributed by atoms with Crippen molar-refractivity contribution in [2.24, 2.45) is 11.8 Å². The highest BCUT2D eigenvalue weighted by atomic mass is 79.9. The SMILES string of the molecule is C[N+]1(C)C2CC(OC(=O)C(O)(c3ccccc3)c3ccccc3)C[C@H]1[C@H]1CC21.[Br-]. The topological polar surface area (TPSA) is 46.5 Å². The molecule has 4 nitrogen and oxygen atoms in total. The first-order valence-electron chi connectivity index (χ1n) is 10.3. The molecule has 0 amide bonds. The summed E-state index contributed by atoms with van der Waals surface area (Å²) in [7, 11) is 4.65. The van der Waals surface area contributed by atoms with Gasteiger partial charge in [0.2, 0.25) is 5.60 Å². The highest BCUT2D eigenvalue weighted by Gasteiger charge is 2.68. The molecule has 5 rings (SSSR count). The zero-order valence-corrected chi connectivity index (χ0v) is 18.5. The highest BCUT2D eigenvalue weighted by molar-refractivity contribution is 5.85. The number of carbonyl (C=O) groups is 1. The molecule has 2 bridgehead atoms. The number of aliphatic hydroxyl groups is 1. The van der Waals surface area contributed by atoms with Gasteiger partial charge in [0.1, 0.15) is 6.10 Å². The van der Waals surface area contributed by atoms with Gasteiger partial charge in [-0.15, -0.1) is 0 Å². The van der Waals surface area contributed by atoms with E-state index >= 15 is 0 Å². The van der Waals surface area contributed by atoms with E-state index in [0.717, 1.165) is 29.2 Å². The minimum Gasteiger partial charge on any atom is -1.00 e. The Kier molecular flexibility index (Phi) is 5.12. The molecule has 1 aliphatic carbocycles. The number of piperidine rings is 2. The van der Waals surface area contributed by atoms with Gasteiger partial charge in [-0.3, -0.25) is 0 Å². The normalized spacial score (nSPS) is 31.3. The number of esters is 1. The van der Waals surface area contributed by atoms with Gasteiger partial charge in [-0.1, -0.05) is 60.7 Å². The summed E-state index contributed by atoms with van der Waals surface area (Å²) in [5.74, 6) is 1.03. The van der Waals surface area contributed by atoms with E-state index in [1.807, 2.05) is 36.4 Å². The molecule has 3 fully saturated rings. The largest absolute Gasteiger partial charge is 1.00 e. The van der Waals surface area contributed by atoms with Crippen molar-refractivity contribution in [1.82, 2.24) is 0 Å². The minimum absolute atomic E-state index is 0. The van der Waals surface area contributed by atoms with Crippen LogP contribution >= 0.6 is 0 Å². The smallest absolute Gasteiger partial charge is 0.347 e. The molecule has 1 N–H and O–H groups in total. The summed E-state index contributed by atoms with van der Waals surface area (Å²) in [4.78, 5) is 13.3. The number of hydrogen-bond donors (Lipinski definition) is 1. The van der Waals surface area contributed by atoms with Gasteiger partial charge in [-0.2, -0.15) is 0 Å². The quantitative estimate of drug-likeness (QED) is 0.522. The number of halogens is 1. The van der Waals surface area contributed by atoms with Crippen LogP contribution in [-0.4, -0.2) is 47.8 Å². The Morgan fingerprint density at radius 2 is 1.34 bits per heavy atom. The Labute approximate surface area is 182 Å². The van der Waals surface area contributed by atoms with Crippen LogP contribution in [0, 0.1) is 11.8 Å². The van der Waals surface area contributed by atoms with E-state index in [1.165, 1.54) is 6.42 Å². The Hall–Kier alpha value is -1.69. The highest BCUT2D eigenvalue weighted by Crippen LogP contribution is 2.61. The second kappa shape index (κ2) is 7.22. The van der Waals surface area contributed by atoms with Crippen molar-refractivity contribution in [2.75, 3.05) is 14.1 Å². The molecular weight excluding hydrogens is 430 g/mol. The summed E-state index contributed by atoms with van der Waals surface area (Å²) in [6.07, 6.45) is 3.03. The summed E-state index contributed by atoms with van der Waals surface area (Å²) >= 11 is 0. The van der Waals surface area contributed by atoms with Gasteiger partial charge in [-0.25, -0.2) is 4.79 Å². The van der Waals surface area contributed by atoms with Crippen LogP contribution in [-0.2, 0) is 15.1 Å². The van der Waals surface area contributed by atoms with E-state index in [2.05, 4.69) is 14.1 Å². The van der Waals surface area contributed by atoms with Crippen molar-refractivity contribution >= 4 is 5.97 Å². The van der Waals surface area contributed by atoms with Gasteiger partial charge < -0.3 is 31.3 Å². The molecule has 0 radical (unpaired) electrons. The summed E-state index contributed by atoms with van der Waals surface area (Å²) < 4.78 is 7.07. The van der Waals surface area contributed by atoms with Gasteiger partial charge in [-0.05, 0) is 17.5 Å². The van der Waals surface area contributed by atoms with Crippen molar-refractivity contribution < 1.29 is 36.1 Å². The first-order chi connectivity index (χ1) is 13.4. The van der Waals surface area contributed by atoms with Gasteiger partial charge in [0.15, 0.2) is 0 Å². The van der Waals surface area contributed by atoms with Crippen LogP contribution in [0.25, 0.3) is 0 Å². The summed E-state index contributed by atoms with van der Waals surface area (Å²) in [6.45, 7) is 0. The van der Waals surface area contributed by atoms with Crippen molar-refractivity contribution in [1.29, 1.82) is 0 Å². The number of fused-ring (bicyclic) bond motifs is 5. The van der Waals surface area contributed by atoms with E-state index < -0.39 is 11.6 Å². The predicted molar refractivity (Wildman–Crippen MR) is 106 cm³/mol. The van der Waals surface area contributed by atoms with Gasteiger partial charge in [0.25, 0.3) is 0 Å². The fraction of sp³-hybridized carbons (Fsp3) is 0.458. The first kappa shape index (κ1) is 20.6. The third-order valence-electron chi connectivity index (χ3n) is 7.55. The monoisotopic (exact) mass is 457 g/mol. The Bertz CT molecular complexity index is 826. The lowest BCUT2D eigenvalue weighted by molar-refractivity contribution is -0.937. The average molecular weight is 458 g/mol. The Morgan fingerprint density at radius 3 is 1.79 bits per heavy atom. The van der Waals surface area contributed by atoms with Crippen LogP contribution in [0.2, 0.25) is 0 Å². The number of rotatable bonds is 4. The summed E-state index contributed by atoms with van der Waals surface area (Å²) in [6, 6.07) is 19.4. The van der Waals surface area contributed by atoms with E-state index in [4.69, 9.17) is 4.74 Å². The number of hydrogen-bond acceptors (Lipinski definition) is 3. The molecule has 3 unspecified atom stereocenters. The molecule has 2 aromatic carbocycles. The zero-order chi connectivity index (χ0) is 19.5. The molecule has 0 aromatic heterocycles. The van der Waals surface area contributed by atoms with Crippen LogP contribution in [0.3, 0.4) is 0 Å². The fourth-order valence-electron chi connectivity index (χ4n) is 5.98. The van der Waals surface area contributed by atoms with E-state index in [9.17, 15) is 9.90 Å². The molecule has 29 heavy (non-hydrogen) atoms. The lowest BCUT2D eigenvalue weighted by Gasteiger charge is -2.46. The molecule has 2 saturated heterocycles. The Morgan fingerprint density at radius 1 is 0.897 bits per heavy atom. The summed E-state index contributed by atoms with van der Waals surface area (Å²) in [5.41, 5.74) is -0.695.